The fraction of sp³-hybridized carbons (Fsp3) is 0.0526. The van der Waals surface area contributed by atoms with Crippen LogP contribution in [0.4, 0.5) is 11.6 Å². The van der Waals surface area contributed by atoms with Gasteiger partial charge in [-0.25, -0.2) is 9.97 Å². The van der Waals surface area contributed by atoms with Crippen molar-refractivity contribution >= 4 is 60.7 Å². The lowest BCUT2D eigenvalue weighted by Gasteiger charge is -2.11. The van der Waals surface area contributed by atoms with Crippen molar-refractivity contribution in [3.8, 4) is 5.75 Å². The molecule has 0 fully saturated rings. The Bertz CT molecular complexity index is 1070. The smallest absolute Gasteiger partial charge is 0.227 e. The summed E-state index contributed by atoms with van der Waals surface area (Å²) in [5.74, 6) is 1.16. The molecule has 0 aliphatic carbocycles. The molecule has 0 atom stereocenters. The molecular weight excluding hydrogens is 434 g/mol. The normalized spacial score (nSPS) is 10.8. The Morgan fingerprint density at radius 3 is 2.88 bits per heavy atom. The van der Waals surface area contributed by atoms with Crippen molar-refractivity contribution in [2.45, 2.75) is 6.61 Å². The summed E-state index contributed by atoms with van der Waals surface area (Å²) in [6.45, 7) is 0.436. The summed E-state index contributed by atoms with van der Waals surface area (Å²) in [6, 6.07) is 15.4. The van der Waals surface area contributed by atoms with Crippen LogP contribution in [0.3, 0.4) is 0 Å². The standard InChI is InChI=1S/C19H13BrClN3OS/c20-14-4-2-1-3-12(14)11-25-17-6-5-13(9-15(17)21)23-19-22-10-18-16(24-19)7-8-26-18/h1-10H,11H2,(H,22,23,24). The minimum Gasteiger partial charge on any atom is -0.487 e. The molecule has 0 unspecified atom stereocenters. The van der Waals surface area contributed by atoms with Crippen LogP contribution in [-0.4, -0.2) is 9.97 Å². The van der Waals surface area contributed by atoms with Crippen molar-refractivity contribution in [1.82, 2.24) is 9.97 Å². The van der Waals surface area contributed by atoms with Gasteiger partial charge in [0.25, 0.3) is 0 Å². The molecule has 1 N–H and O–H groups in total. The number of rotatable bonds is 5. The van der Waals surface area contributed by atoms with Gasteiger partial charge in [-0.2, -0.15) is 0 Å². The molecule has 0 aliphatic rings. The molecule has 2 aromatic carbocycles. The van der Waals surface area contributed by atoms with Gasteiger partial charge in [0.05, 0.1) is 21.4 Å². The molecule has 0 saturated carbocycles. The van der Waals surface area contributed by atoms with E-state index in [0.717, 1.165) is 25.9 Å². The predicted octanol–water partition coefficient (Wildman–Crippen LogP) is 6.43. The average molecular weight is 447 g/mol. The Kier molecular flexibility index (Phi) is 5.06. The van der Waals surface area contributed by atoms with Crippen LogP contribution >= 0.6 is 38.9 Å². The molecule has 0 bridgehead atoms. The molecule has 0 amide bonds. The van der Waals surface area contributed by atoms with Crippen LogP contribution in [0, 0.1) is 0 Å². The van der Waals surface area contributed by atoms with Gasteiger partial charge in [0.1, 0.15) is 12.4 Å². The summed E-state index contributed by atoms with van der Waals surface area (Å²) in [4.78, 5) is 8.80. The van der Waals surface area contributed by atoms with Crippen LogP contribution in [0.1, 0.15) is 5.56 Å². The predicted molar refractivity (Wildman–Crippen MR) is 111 cm³/mol. The number of fused-ring (bicyclic) bond motifs is 1. The highest BCUT2D eigenvalue weighted by molar-refractivity contribution is 9.10. The second-order valence-electron chi connectivity index (χ2n) is 5.51. The lowest BCUT2D eigenvalue weighted by atomic mass is 10.2. The van der Waals surface area contributed by atoms with E-state index in [1.54, 1.807) is 17.4 Å². The SMILES string of the molecule is Clc1cc(Nc2ncc3sccc3n2)ccc1OCc1ccccc1Br. The molecule has 7 heteroatoms. The van der Waals surface area contributed by atoms with E-state index in [1.807, 2.05) is 54.0 Å². The zero-order valence-electron chi connectivity index (χ0n) is 13.4. The molecule has 0 saturated heterocycles. The highest BCUT2D eigenvalue weighted by Gasteiger charge is 2.07. The fourth-order valence-electron chi connectivity index (χ4n) is 2.42. The van der Waals surface area contributed by atoms with Crippen molar-refractivity contribution in [3.05, 3.63) is 75.2 Å². The second kappa shape index (κ2) is 7.61. The largest absolute Gasteiger partial charge is 0.487 e. The van der Waals surface area contributed by atoms with Crippen LogP contribution in [0.25, 0.3) is 10.2 Å². The van der Waals surface area contributed by atoms with E-state index in [0.29, 0.717) is 23.3 Å². The quantitative estimate of drug-likeness (QED) is 0.384. The summed E-state index contributed by atoms with van der Waals surface area (Å²) in [5.41, 5.74) is 2.79. The minimum atomic E-state index is 0.436. The van der Waals surface area contributed by atoms with Gasteiger partial charge >= 0.3 is 0 Å². The van der Waals surface area contributed by atoms with Crippen molar-refractivity contribution in [3.63, 3.8) is 0 Å². The van der Waals surface area contributed by atoms with Crippen molar-refractivity contribution in [1.29, 1.82) is 0 Å². The zero-order chi connectivity index (χ0) is 17.9. The number of hydrogen-bond donors (Lipinski definition) is 1. The van der Waals surface area contributed by atoms with Gasteiger partial charge in [-0.1, -0.05) is 45.7 Å². The molecule has 2 heterocycles. The Labute approximate surface area is 168 Å². The monoisotopic (exact) mass is 445 g/mol. The maximum absolute atomic E-state index is 6.36. The van der Waals surface area contributed by atoms with Crippen LogP contribution in [0.2, 0.25) is 5.02 Å². The van der Waals surface area contributed by atoms with Gasteiger partial charge in [0.15, 0.2) is 0 Å². The van der Waals surface area contributed by atoms with Crippen LogP contribution in [0.15, 0.2) is 64.6 Å². The number of hydrogen-bond acceptors (Lipinski definition) is 5. The summed E-state index contributed by atoms with van der Waals surface area (Å²) < 4.78 is 7.91. The Hall–Kier alpha value is -2.15. The molecule has 4 aromatic rings. The number of benzene rings is 2. The highest BCUT2D eigenvalue weighted by atomic mass is 79.9. The van der Waals surface area contributed by atoms with Crippen LogP contribution in [0.5, 0.6) is 5.75 Å². The number of thiophene rings is 1. The fourth-order valence-corrected chi connectivity index (χ4v) is 3.75. The van der Waals surface area contributed by atoms with Gasteiger partial charge in [0.2, 0.25) is 5.95 Å². The first-order chi connectivity index (χ1) is 12.7. The second-order valence-corrected chi connectivity index (χ2v) is 7.72. The lowest BCUT2D eigenvalue weighted by Crippen LogP contribution is -1.99. The Morgan fingerprint density at radius 2 is 2.04 bits per heavy atom. The third kappa shape index (κ3) is 3.82. The van der Waals surface area contributed by atoms with Crippen LogP contribution < -0.4 is 10.1 Å². The van der Waals surface area contributed by atoms with E-state index in [9.17, 15) is 0 Å². The molecule has 2 aromatic heterocycles. The number of anilines is 2. The maximum Gasteiger partial charge on any atom is 0.227 e. The van der Waals surface area contributed by atoms with Gasteiger partial charge in [-0.05, 0) is 35.7 Å². The average Bonchev–Trinajstić information content (AvgIpc) is 3.10. The number of aromatic nitrogens is 2. The summed E-state index contributed by atoms with van der Waals surface area (Å²) in [7, 11) is 0. The van der Waals surface area contributed by atoms with E-state index in [1.165, 1.54) is 0 Å². The molecule has 0 spiro atoms. The topological polar surface area (TPSA) is 47.0 Å². The third-order valence-electron chi connectivity index (χ3n) is 3.73. The molecule has 0 radical (unpaired) electrons. The van der Waals surface area contributed by atoms with Gasteiger partial charge in [-0.3, -0.25) is 0 Å². The minimum absolute atomic E-state index is 0.436. The van der Waals surface area contributed by atoms with Crippen LogP contribution in [-0.2, 0) is 6.61 Å². The summed E-state index contributed by atoms with van der Waals surface area (Å²) >= 11 is 11.5. The first-order valence-corrected chi connectivity index (χ1v) is 9.87. The van der Waals surface area contributed by atoms with E-state index in [4.69, 9.17) is 16.3 Å². The molecule has 0 aliphatic heterocycles. The number of halogens is 2. The van der Waals surface area contributed by atoms with Gasteiger partial charge in [-0.15, -0.1) is 11.3 Å². The van der Waals surface area contributed by atoms with Crippen molar-refractivity contribution in [2.24, 2.45) is 0 Å². The number of ether oxygens (including phenoxy) is 1. The Morgan fingerprint density at radius 1 is 1.15 bits per heavy atom. The van der Waals surface area contributed by atoms with E-state index < -0.39 is 0 Å². The van der Waals surface area contributed by atoms with E-state index in [2.05, 4.69) is 31.2 Å². The third-order valence-corrected chi connectivity index (χ3v) is 5.64. The molecular formula is C19H13BrClN3OS. The van der Waals surface area contributed by atoms with Crippen molar-refractivity contribution < 1.29 is 4.74 Å². The van der Waals surface area contributed by atoms with Gasteiger partial charge < -0.3 is 10.1 Å². The molecule has 4 nitrogen and oxygen atoms in total. The van der Waals surface area contributed by atoms with E-state index >= 15 is 0 Å². The zero-order valence-corrected chi connectivity index (χ0v) is 16.6. The Balaban J connectivity index is 1.47. The lowest BCUT2D eigenvalue weighted by molar-refractivity contribution is 0.305. The first-order valence-electron chi connectivity index (χ1n) is 7.82. The molecule has 4 rings (SSSR count). The molecule has 26 heavy (non-hydrogen) atoms. The molecule has 130 valence electrons. The van der Waals surface area contributed by atoms with E-state index in [-0.39, 0.29) is 0 Å². The summed E-state index contributed by atoms with van der Waals surface area (Å²) in [5, 5.41) is 5.70. The van der Waals surface area contributed by atoms with Crippen molar-refractivity contribution in [2.75, 3.05) is 5.32 Å². The summed E-state index contributed by atoms with van der Waals surface area (Å²) in [6.07, 6.45) is 1.81. The first kappa shape index (κ1) is 17.3. The number of nitrogens with one attached hydrogen (secondary N) is 1. The van der Waals surface area contributed by atoms with Gasteiger partial charge in [0, 0.05) is 15.7 Å². The highest BCUT2D eigenvalue weighted by Crippen LogP contribution is 2.30. The number of nitrogens with zero attached hydrogens (tertiary/aromatic N) is 2. The maximum atomic E-state index is 6.36.